The molecule has 0 aliphatic heterocycles. The second-order valence-electron chi connectivity index (χ2n) is 12.9. The minimum atomic E-state index is 1.13. The highest BCUT2D eigenvalue weighted by atomic mass is 32.1. The molecule has 0 unspecified atom stereocenters. The molecule has 1 nitrogen and oxygen atoms in total. The van der Waals surface area contributed by atoms with Crippen molar-refractivity contribution in [3.8, 4) is 22.3 Å². The Labute approximate surface area is 294 Å². The molecule has 10 aromatic rings. The van der Waals surface area contributed by atoms with Crippen LogP contribution < -0.4 is 4.90 Å². The van der Waals surface area contributed by atoms with Gasteiger partial charge in [0.15, 0.2) is 0 Å². The highest BCUT2D eigenvalue weighted by Crippen LogP contribution is 2.47. The van der Waals surface area contributed by atoms with E-state index in [1.165, 1.54) is 86.1 Å². The molecule has 0 saturated carbocycles. The number of nitrogens with zero attached hydrogens (tertiary/aromatic N) is 1. The fourth-order valence-electron chi connectivity index (χ4n) is 7.66. The van der Waals surface area contributed by atoms with Gasteiger partial charge in [-0.15, -0.1) is 11.3 Å². The second kappa shape index (κ2) is 11.7. The van der Waals surface area contributed by atoms with Gasteiger partial charge in [0.05, 0.1) is 16.1 Å². The van der Waals surface area contributed by atoms with Crippen LogP contribution in [0.1, 0.15) is 0 Å². The Morgan fingerprint density at radius 1 is 0.340 bits per heavy atom. The molecule has 0 radical (unpaired) electrons. The van der Waals surface area contributed by atoms with E-state index in [9.17, 15) is 0 Å². The fraction of sp³-hybridized carbons (Fsp3) is 0. The van der Waals surface area contributed by atoms with E-state index >= 15 is 0 Å². The Bertz CT molecular complexity index is 2870. The summed E-state index contributed by atoms with van der Waals surface area (Å²) < 4.78 is 2.60. The van der Waals surface area contributed by atoms with Crippen molar-refractivity contribution in [1.29, 1.82) is 0 Å². The third-order valence-corrected chi connectivity index (χ3v) is 11.2. The topological polar surface area (TPSA) is 3.24 Å². The molecule has 0 spiro atoms. The van der Waals surface area contributed by atoms with Crippen LogP contribution in [0, 0.1) is 0 Å². The maximum absolute atomic E-state index is 2.48. The molecule has 0 N–H and O–H groups in total. The minimum absolute atomic E-state index is 1.13. The second-order valence-corrected chi connectivity index (χ2v) is 14.0. The summed E-state index contributed by atoms with van der Waals surface area (Å²) in [5.74, 6) is 0. The maximum Gasteiger partial charge on any atom is 0.0640 e. The normalized spacial score (nSPS) is 11.6. The SMILES string of the molecule is c1ccc(-c2cccc3ccc(-c4ccc(N(c5cc6ccccc6c6ccccc56)c5cccc6c5sc5ccccc56)cc4)cc23)cc1. The number of anilines is 3. The van der Waals surface area contributed by atoms with Gasteiger partial charge in [0.2, 0.25) is 0 Å². The predicted octanol–water partition coefficient (Wildman–Crippen LogP) is 14.3. The molecule has 1 heterocycles. The number of hydrogen-bond acceptors (Lipinski definition) is 2. The van der Waals surface area contributed by atoms with Crippen molar-refractivity contribution in [1.82, 2.24) is 0 Å². The molecule has 2 heteroatoms. The quantitative estimate of drug-likeness (QED) is 0.167. The van der Waals surface area contributed by atoms with Crippen LogP contribution >= 0.6 is 11.3 Å². The molecule has 0 amide bonds. The molecule has 10 rings (SSSR count). The first-order chi connectivity index (χ1) is 24.8. The van der Waals surface area contributed by atoms with Crippen molar-refractivity contribution in [3.63, 3.8) is 0 Å². The highest BCUT2D eigenvalue weighted by molar-refractivity contribution is 7.26. The fourth-order valence-corrected chi connectivity index (χ4v) is 8.87. The van der Waals surface area contributed by atoms with Gasteiger partial charge in [-0.1, -0.05) is 152 Å². The summed E-state index contributed by atoms with van der Waals surface area (Å²) in [5.41, 5.74) is 8.39. The number of thiophene rings is 1. The van der Waals surface area contributed by atoms with Crippen LogP contribution in [0.5, 0.6) is 0 Å². The highest BCUT2D eigenvalue weighted by Gasteiger charge is 2.21. The van der Waals surface area contributed by atoms with E-state index in [-0.39, 0.29) is 0 Å². The molecule has 0 aliphatic carbocycles. The largest absolute Gasteiger partial charge is 0.308 e. The zero-order valence-electron chi connectivity index (χ0n) is 27.3. The summed E-state index contributed by atoms with van der Waals surface area (Å²) >= 11 is 1.87. The van der Waals surface area contributed by atoms with Crippen LogP contribution in [-0.4, -0.2) is 0 Å². The summed E-state index contributed by atoms with van der Waals surface area (Å²) in [5, 5.41) is 10.1. The molecule has 0 atom stereocenters. The third kappa shape index (κ3) is 4.69. The first kappa shape index (κ1) is 28.8. The van der Waals surface area contributed by atoms with Crippen LogP contribution in [0.15, 0.2) is 188 Å². The Kier molecular flexibility index (Phi) is 6.75. The van der Waals surface area contributed by atoms with E-state index in [1.807, 2.05) is 11.3 Å². The predicted molar refractivity (Wildman–Crippen MR) is 217 cm³/mol. The Morgan fingerprint density at radius 3 is 1.86 bits per heavy atom. The molecular formula is C48H31NS. The smallest absolute Gasteiger partial charge is 0.0640 e. The van der Waals surface area contributed by atoms with Gasteiger partial charge in [0, 0.05) is 26.5 Å². The first-order valence-electron chi connectivity index (χ1n) is 17.1. The van der Waals surface area contributed by atoms with E-state index in [1.54, 1.807) is 0 Å². The summed E-state index contributed by atoms with van der Waals surface area (Å²) in [6.07, 6.45) is 0. The van der Waals surface area contributed by atoms with E-state index in [0.29, 0.717) is 0 Å². The lowest BCUT2D eigenvalue weighted by molar-refractivity contribution is 1.32. The summed E-state index contributed by atoms with van der Waals surface area (Å²) in [6.45, 7) is 0. The van der Waals surface area contributed by atoms with Crippen LogP contribution in [-0.2, 0) is 0 Å². The lowest BCUT2D eigenvalue weighted by Gasteiger charge is -2.28. The maximum atomic E-state index is 2.48. The Morgan fingerprint density at radius 2 is 1.00 bits per heavy atom. The van der Waals surface area contributed by atoms with Gasteiger partial charge >= 0.3 is 0 Å². The Hall–Kier alpha value is -6.22. The Balaban J connectivity index is 1.17. The van der Waals surface area contributed by atoms with Crippen LogP contribution in [0.25, 0.3) is 74.7 Å². The molecule has 0 aliphatic rings. The summed E-state index contributed by atoms with van der Waals surface area (Å²) in [4.78, 5) is 2.48. The zero-order valence-corrected chi connectivity index (χ0v) is 28.1. The third-order valence-electron chi connectivity index (χ3n) is 10.0. The average Bonchev–Trinajstić information content (AvgIpc) is 3.58. The zero-order chi connectivity index (χ0) is 33.0. The van der Waals surface area contributed by atoms with Crippen LogP contribution in [0.3, 0.4) is 0 Å². The van der Waals surface area contributed by atoms with Gasteiger partial charge in [0.1, 0.15) is 0 Å². The van der Waals surface area contributed by atoms with E-state index in [4.69, 9.17) is 0 Å². The van der Waals surface area contributed by atoms with Gasteiger partial charge in [0.25, 0.3) is 0 Å². The number of benzene rings is 9. The number of fused-ring (bicyclic) bond motifs is 7. The lowest BCUT2D eigenvalue weighted by atomic mass is 9.94. The van der Waals surface area contributed by atoms with Gasteiger partial charge in [-0.25, -0.2) is 0 Å². The van der Waals surface area contributed by atoms with Crippen molar-refractivity contribution in [3.05, 3.63) is 188 Å². The molecule has 0 fully saturated rings. The minimum Gasteiger partial charge on any atom is -0.308 e. The van der Waals surface area contributed by atoms with Gasteiger partial charge in [-0.05, 0) is 85.6 Å². The number of hydrogen-bond donors (Lipinski definition) is 0. The number of rotatable bonds is 5. The van der Waals surface area contributed by atoms with Crippen molar-refractivity contribution >= 4 is 80.9 Å². The molecule has 234 valence electrons. The van der Waals surface area contributed by atoms with Crippen molar-refractivity contribution in [2.75, 3.05) is 4.90 Å². The summed E-state index contributed by atoms with van der Waals surface area (Å²) in [7, 11) is 0. The summed E-state index contributed by atoms with van der Waals surface area (Å²) in [6, 6.07) is 68.7. The van der Waals surface area contributed by atoms with Crippen molar-refractivity contribution in [2.24, 2.45) is 0 Å². The van der Waals surface area contributed by atoms with E-state index in [2.05, 4.69) is 193 Å². The van der Waals surface area contributed by atoms with Gasteiger partial charge in [-0.2, -0.15) is 0 Å². The van der Waals surface area contributed by atoms with E-state index < -0.39 is 0 Å². The van der Waals surface area contributed by atoms with Crippen LogP contribution in [0.4, 0.5) is 17.1 Å². The average molecular weight is 654 g/mol. The van der Waals surface area contributed by atoms with Crippen molar-refractivity contribution < 1.29 is 0 Å². The van der Waals surface area contributed by atoms with Gasteiger partial charge in [-0.3, -0.25) is 0 Å². The standard InChI is InChI=1S/C48H31NS/c1-2-12-33(13-3-1)38-20-10-15-34-24-25-35(30-44(34)38)32-26-28-37(29-27-32)49(45-22-11-21-43-42-19-8-9-23-47(42)50-48(43)45)46-31-36-14-4-5-16-39(36)40-17-6-7-18-41(40)46/h1-31H. The first-order valence-corrected chi connectivity index (χ1v) is 17.9. The van der Waals surface area contributed by atoms with Gasteiger partial charge < -0.3 is 4.90 Å². The monoisotopic (exact) mass is 653 g/mol. The van der Waals surface area contributed by atoms with E-state index in [0.717, 1.165) is 5.69 Å². The molecule has 1 aromatic heterocycles. The van der Waals surface area contributed by atoms with Crippen LogP contribution in [0.2, 0.25) is 0 Å². The van der Waals surface area contributed by atoms with Crippen molar-refractivity contribution in [2.45, 2.75) is 0 Å². The lowest BCUT2D eigenvalue weighted by Crippen LogP contribution is -2.10. The molecule has 9 aromatic carbocycles. The molecule has 0 bridgehead atoms. The molecule has 0 saturated heterocycles. The molecular weight excluding hydrogens is 623 g/mol. The molecule has 50 heavy (non-hydrogen) atoms.